The number of piperazine rings is 1. The van der Waals surface area contributed by atoms with Gasteiger partial charge in [-0.2, -0.15) is 4.98 Å². The van der Waals surface area contributed by atoms with Gasteiger partial charge in [-0.15, -0.1) is 0 Å². The molecule has 2 aromatic heterocycles. The minimum atomic E-state index is -0.298. The number of nitrogens with one attached hydrogen (secondary N) is 2. The van der Waals surface area contributed by atoms with E-state index in [4.69, 9.17) is 9.47 Å². The Morgan fingerprint density at radius 3 is 2.47 bits per heavy atom. The summed E-state index contributed by atoms with van der Waals surface area (Å²) in [5, 5.41) is 7.26. The van der Waals surface area contributed by atoms with E-state index in [2.05, 4.69) is 44.3 Å². The van der Waals surface area contributed by atoms with Crippen molar-refractivity contribution in [3.63, 3.8) is 0 Å². The van der Waals surface area contributed by atoms with Crippen molar-refractivity contribution in [3.8, 4) is 17.6 Å². The van der Waals surface area contributed by atoms with Crippen LogP contribution in [-0.2, 0) is 0 Å². The van der Waals surface area contributed by atoms with E-state index in [1.54, 1.807) is 30.6 Å². The van der Waals surface area contributed by atoms with E-state index >= 15 is 0 Å². The number of ether oxygens (including phenoxy) is 2. The largest absolute Gasteiger partial charge is 0.467 e. The van der Waals surface area contributed by atoms with Crippen LogP contribution in [0.2, 0.25) is 0 Å². The molecule has 2 atom stereocenters. The molecule has 0 spiro atoms. The van der Waals surface area contributed by atoms with Gasteiger partial charge < -0.3 is 25.0 Å². The minimum absolute atomic E-state index is 0.208. The van der Waals surface area contributed by atoms with Crippen LogP contribution in [0.1, 0.15) is 24.2 Å². The molecule has 5 rings (SSSR count). The maximum absolute atomic E-state index is 13.3. The summed E-state index contributed by atoms with van der Waals surface area (Å²) in [7, 11) is 1.51. The molecule has 2 aromatic carbocycles. The highest BCUT2D eigenvalue weighted by atomic mass is 16.5. The van der Waals surface area contributed by atoms with E-state index < -0.39 is 0 Å². The Morgan fingerprint density at radius 1 is 1.00 bits per heavy atom. The molecule has 2 N–H and O–H groups in total. The molecule has 0 radical (unpaired) electrons. The van der Waals surface area contributed by atoms with Crippen molar-refractivity contribution >= 4 is 28.2 Å². The van der Waals surface area contributed by atoms with Crippen molar-refractivity contribution in [1.82, 2.24) is 20.3 Å². The molecule has 2 unspecified atom stereocenters. The number of carbonyl (C=O) groups excluding carboxylic acids is 1. The lowest BCUT2D eigenvalue weighted by atomic mass is 10.0. The average molecular weight is 485 g/mol. The maximum atomic E-state index is 13.3. The standard InChI is InChI=1S/C27H28N6O3/c1-17-15-33(16-18(2)30-17)23-11-10-21(25-22(23)14-29-27(32-25)35-3)26(34)31-19-9-12-24(28-13-19)36-20-7-5-4-6-8-20/h4-14,17-18,30H,15-16H2,1-3H3,(H,31,34). The van der Waals surface area contributed by atoms with Gasteiger partial charge in [-0.25, -0.2) is 9.97 Å². The van der Waals surface area contributed by atoms with E-state index in [0.717, 1.165) is 24.2 Å². The molecule has 9 heteroatoms. The molecule has 1 aliphatic rings. The average Bonchev–Trinajstić information content (AvgIpc) is 2.88. The molecule has 3 heterocycles. The van der Waals surface area contributed by atoms with E-state index in [1.165, 1.54) is 7.11 Å². The number of methoxy groups -OCH3 is 1. The monoisotopic (exact) mass is 484 g/mol. The Kier molecular flexibility index (Phi) is 6.64. The summed E-state index contributed by atoms with van der Waals surface area (Å²) in [6, 6.07) is 17.5. The van der Waals surface area contributed by atoms with Crippen LogP contribution in [0.25, 0.3) is 10.9 Å². The molecule has 36 heavy (non-hydrogen) atoms. The van der Waals surface area contributed by atoms with E-state index in [9.17, 15) is 4.79 Å². The lowest BCUT2D eigenvalue weighted by Crippen LogP contribution is -2.54. The van der Waals surface area contributed by atoms with Gasteiger partial charge in [0.2, 0.25) is 5.88 Å². The predicted molar refractivity (Wildman–Crippen MR) is 139 cm³/mol. The minimum Gasteiger partial charge on any atom is -0.467 e. The second-order valence-corrected chi connectivity index (χ2v) is 8.88. The third kappa shape index (κ3) is 5.06. The first-order valence-electron chi connectivity index (χ1n) is 11.8. The van der Waals surface area contributed by atoms with Crippen LogP contribution in [0.5, 0.6) is 17.6 Å². The summed E-state index contributed by atoms with van der Waals surface area (Å²) in [6.07, 6.45) is 3.29. The molecule has 1 saturated heterocycles. The number of aromatic nitrogens is 3. The van der Waals surface area contributed by atoms with Crippen LogP contribution in [-0.4, -0.2) is 53.1 Å². The van der Waals surface area contributed by atoms with Crippen LogP contribution < -0.4 is 25.0 Å². The number of anilines is 2. The van der Waals surface area contributed by atoms with Crippen molar-refractivity contribution < 1.29 is 14.3 Å². The molecule has 0 aliphatic carbocycles. The maximum Gasteiger partial charge on any atom is 0.316 e. The van der Waals surface area contributed by atoms with Crippen LogP contribution in [0, 0.1) is 0 Å². The third-order valence-corrected chi connectivity index (χ3v) is 5.99. The molecule has 1 amide bonds. The van der Waals surface area contributed by atoms with Gasteiger partial charge in [0.05, 0.1) is 30.1 Å². The van der Waals surface area contributed by atoms with Crippen molar-refractivity contribution in [2.75, 3.05) is 30.4 Å². The number of fused-ring (bicyclic) bond motifs is 1. The summed E-state index contributed by atoms with van der Waals surface area (Å²) in [5.74, 6) is 0.828. The van der Waals surface area contributed by atoms with E-state index in [1.807, 2.05) is 36.4 Å². The predicted octanol–water partition coefficient (Wildman–Crippen LogP) is 4.26. The summed E-state index contributed by atoms with van der Waals surface area (Å²) in [5.41, 5.74) is 2.50. The van der Waals surface area contributed by atoms with E-state index in [0.29, 0.717) is 40.5 Å². The number of amides is 1. The fourth-order valence-electron chi connectivity index (χ4n) is 4.49. The third-order valence-electron chi connectivity index (χ3n) is 5.99. The Hall–Kier alpha value is -4.24. The van der Waals surface area contributed by atoms with Crippen molar-refractivity contribution in [1.29, 1.82) is 0 Å². The number of pyridine rings is 1. The lowest BCUT2D eigenvalue weighted by Gasteiger charge is -2.38. The molecule has 0 bridgehead atoms. The topological polar surface area (TPSA) is 102 Å². The number of para-hydroxylation sites is 1. The molecule has 1 aliphatic heterocycles. The Morgan fingerprint density at radius 2 is 1.78 bits per heavy atom. The van der Waals surface area contributed by atoms with E-state index in [-0.39, 0.29) is 11.9 Å². The van der Waals surface area contributed by atoms with Crippen molar-refractivity contribution in [2.24, 2.45) is 0 Å². The molecule has 184 valence electrons. The highest BCUT2D eigenvalue weighted by molar-refractivity contribution is 6.13. The number of carbonyl (C=O) groups is 1. The Bertz CT molecular complexity index is 1350. The van der Waals surface area contributed by atoms with Gasteiger partial charge in [0.25, 0.3) is 5.91 Å². The van der Waals surface area contributed by atoms with Crippen LogP contribution in [0.4, 0.5) is 11.4 Å². The highest BCUT2D eigenvalue weighted by Crippen LogP contribution is 2.31. The number of hydrogen-bond acceptors (Lipinski definition) is 8. The molecular formula is C27H28N6O3. The van der Waals surface area contributed by atoms with Gasteiger partial charge in [0, 0.05) is 48.5 Å². The molecule has 4 aromatic rings. The molecule has 9 nitrogen and oxygen atoms in total. The van der Waals surface area contributed by atoms with Gasteiger partial charge in [0.1, 0.15) is 5.75 Å². The lowest BCUT2D eigenvalue weighted by molar-refractivity contribution is 0.102. The zero-order valence-corrected chi connectivity index (χ0v) is 20.4. The summed E-state index contributed by atoms with van der Waals surface area (Å²) >= 11 is 0. The highest BCUT2D eigenvalue weighted by Gasteiger charge is 2.24. The number of nitrogens with zero attached hydrogens (tertiary/aromatic N) is 4. The second kappa shape index (κ2) is 10.2. The Balaban J connectivity index is 1.41. The van der Waals surface area contributed by atoms with Crippen LogP contribution in [0.15, 0.2) is 67.0 Å². The summed E-state index contributed by atoms with van der Waals surface area (Å²) in [6.45, 7) is 6.02. The normalized spacial score (nSPS) is 17.6. The molecule has 0 saturated carbocycles. The van der Waals surface area contributed by atoms with Gasteiger partial charge in [0.15, 0.2) is 0 Å². The number of benzene rings is 2. The van der Waals surface area contributed by atoms with Crippen LogP contribution in [0.3, 0.4) is 0 Å². The Labute approximate surface area is 209 Å². The first-order valence-corrected chi connectivity index (χ1v) is 11.8. The summed E-state index contributed by atoms with van der Waals surface area (Å²) in [4.78, 5) is 28.8. The zero-order chi connectivity index (χ0) is 25.1. The SMILES string of the molecule is COc1ncc2c(N3CC(C)NC(C)C3)ccc(C(=O)Nc3ccc(Oc4ccccc4)nc3)c2n1. The smallest absolute Gasteiger partial charge is 0.316 e. The first kappa shape index (κ1) is 23.5. The first-order chi connectivity index (χ1) is 17.5. The number of hydrogen-bond donors (Lipinski definition) is 2. The number of rotatable bonds is 6. The fourth-order valence-corrected chi connectivity index (χ4v) is 4.49. The molecular weight excluding hydrogens is 456 g/mol. The van der Waals surface area contributed by atoms with Gasteiger partial charge in [-0.3, -0.25) is 4.79 Å². The van der Waals surface area contributed by atoms with Crippen molar-refractivity contribution in [2.45, 2.75) is 25.9 Å². The molecule has 1 fully saturated rings. The zero-order valence-electron chi connectivity index (χ0n) is 20.4. The van der Waals surface area contributed by atoms with Gasteiger partial charge in [-0.05, 0) is 44.2 Å². The quantitative estimate of drug-likeness (QED) is 0.419. The summed E-state index contributed by atoms with van der Waals surface area (Å²) < 4.78 is 11.0. The van der Waals surface area contributed by atoms with Crippen LogP contribution >= 0.6 is 0 Å². The second-order valence-electron chi connectivity index (χ2n) is 8.88. The van der Waals surface area contributed by atoms with Crippen molar-refractivity contribution in [3.05, 3.63) is 72.6 Å². The fraction of sp³-hybridized carbons (Fsp3) is 0.259. The van der Waals surface area contributed by atoms with Gasteiger partial charge >= 0.3 is 6.01 Å². The van der Waals surface area contributed by atoms with Gasteiger partial charge in [-0.1, -0.05) is 18.2 Å².